The summed E-state index contributed by atoms with van der Waals surface area (Å²) < 4.78 is 28.1. The number of hydrogen-bond acceptors (Lipinski definition) is 3. The van der Waals surface area contributed by atoms with E-state index in [1.165, 1.54) is 0 Å². The van der Waals surface area contributed by atoms with Crippen molar-refractivity contribution in [3.8, 4) is 0 Å². The molecule has 112 valence electrons. The second-order valence-electron chi connectivity index (χ2n) is 4.69. The van der Waals surface area contributed by atoms with E-state index in [2.05, 4.69) is 20.7 Å². The Morgan fingerprint density at radius 1 is 1.14 bits per heavy atom. The Bertz CT molecular complexity index is 727. The molecule has 0 saturated carbocycles. The molecule has 0 aromatic heterocycles. The Hall–Kier alpha value is -1.37. The number of benzene rings is 2. The lowest BCUT2D eigenvalue weighted by atomic mass is 10.1. The lowest BCUT2D eigenvalue weighted by Gasteiger charge is -2.11. The molecule has 0 spiro atoms. The number of nitrogens with one attached hydrogen (secondary N) is 1. The van der Waals surface area contributed by atoms with Crippen LogP contribution in [0.25, 0.3) is 0 Å². The smallest absolute Gasteiger partial charge is 0.262 e. The van der Waals surface area contributed by atoms with Crippen LogP contribution < -0.4 is 4.72 Å². The fraction of sp³-hybridized carbons (Fsp3) is 0.200. The van der Waals surface area contributed by atoms with Gasteiger partial charge in [-0.05, 0) is 48.7 Å². The maximum Gasteiger partial charge on any atom is 0.262 e. The van der Waals surface area contributed by atoms with Crippen LogP contribution in [-0.2, 0) is 16.4 Å². The lowest BCUT2D eigenvalue weighted by Crippen LogP contribution is -2.14. The number of halogens is 1. The van der Waals surface area contributed by atoms with E-state index in [9.17, 15) is 8.42 Å². The summed E-state index contributed by atoms with van der Waals surface area (Å²) >= 11 is 3.29. The van der Waals surface area contributed by atoms with Crippen molar-refractivity contribution in [1.82, 2.24) is 0 Å². The third kappa shape index (κ3) is 4.06. The van der Waals surface area contributed by atoms with E-state index in [-0.39, 0.29) is 11.5 Å². The predicted octanol–water partition coefficient (Wildman–Crippen LogP) is 3.09. The third-order valence-corrected chi connectivity index (χ3v) is 5.06. The minimum absolute atomic E-state index is 0.0717. The van der Waals surface area contributed by atoms with Crippen LogP contribution in [0.15, 0.2) is 51.8 Å². The summed E-state index contributed by atoms with van der Waals surface area (Å²) in [5.41, 5.74) is 2.14. The minimum Gasteiger partial charge on any atom is -0.396 e. The molecule has 0 aliphatic heterocycles. The van der Waals surface area contributed by atoms with Gasteiger partial charge in [-0.1, -0.05) is 34.1 Å². The average molecular weight is 370 g/mol. The van der Waals surface area contributed by atoms with Gasteiger partial charge in [0.05, 0.1) is 4.90 Å². The molecule has 21 heavy (non-hydrogen) atoms. The maximum atomic E-state index is 12.4. The minimum atomic E-state index is -3.62. The highest BCUT2D eigenvalue weighted by atomic mass is 79.9. The molecule has 0 heterocycles. The molecule has 2 N–H and O–H groups in total. The van der Waals surface area contributed by atoms with Crippen molar-refractivity contribution < 1.29 is 13.5 Å². The molecule has 0 aliphatic rings. The van der Waals surface area contributed by atoms with Crippen molar-refractivity contribution in [1.29, 1.82) is 0 Å². The summed E-state index contributed by atoms with van der Waals surface area (Å²) in [4.78, 5) is 0.247. The summed E-state index contributed by atoms with van der Waals surface area (Å²) in [6, 6.07) is 12.1. The molecule has 2 aromatic rings. The highest BCUT2D eigenvalue weighted by Crippen LogP contribution is 2.23. The van der Waals surface area contributed by atoms with E-state index in [4.69, 9.17) is 5.11 Å². The average Bonchev–Trinajstić information content (AvgIpc) is 2.43. The standard InChI is InChI=1S/C15H16BrNO3S/c1-11-2-5-13(16)10-15(11)21(19,20)17-14-6-3-12(4-7-14)8-9-18/h2-7,10,17-18H,8-9H2,1H3. The number of rotatable bonds is 5. The van der Waals surface area contributed by atoms with Gasteiger partial charge in [0, 0.05) is 16.8 Å². The van der Waals surface area contributed by atoms with Gasteiger partial charge in [-0.25, -0.2) is 8.42 Å². The zero-order valence-corrected chi connectivity index (χ0v) is 13.9. The molecule has 6 heteroatoms. The van der Waals surface area contributed by atoms with Gasteiger partial charge in [-0.2, -0.15) is 0 Å². The van der Waals surface area contributed by atoms with Crippen LogP contribution in [0.5, 0.6) is 0 Å². The molecule has 0 radical (unpaired) electrons. The largest absolute Gasteiger partial charge is 0.396 e. The molecule has 0 bridgehead atoms. The van der Waals surface area contributed by atoms with Crippen molar-refractivity contribution >= 4 is 31.6 Å². The summed E-state index contributed by atoms with van der Waals surface area (Å²) in [5, 5.41) is 8.86. The van der Waals surface area contributed by atoms with Crippen LogP contribution >= 0.6 is 15.9 Å². The molecule has 0 atom stereocenters. The van der Waals surface area contributed by atoms with Crippen molar-refractivity contribution in [2.45, 2.75) is 18.2 Å². The van der Waals surface area contributed by atoms with Gasteiger partial charge < -0.3 is 5.11 Å². The van der Waals surface area contributed by atoms with Gasteiger partial charge in [0.2, 0.25) is 0 Å². The first-order valence-corrected chi connectivity index (χ1v) is 8.69. The number of hydrogen-bond donors (Lipinski definition) is 2. The maximum absolute atomic E-state index is 12.4. The van der Waals surface area contributed by atoms with Crippen molar-refractivity contribution in [3.63, 3.8) is 0 Å². The van der Waals surface area contributed by atoms with Crippen LogP contribution in [0, 0.1) is 6.92 Å². The predicted molar refractivity (Wildman–Crippen MR) is 86.9 cm³/mol. The topological polar surface area (TPSA) is 66.4 Å². The Kier molecular flexibility index (Phi) is 5.03. The molecule has 2 aromatic carbocycles. The van der Waals surface area contributed by atoms with Crippen LogP contribution in [0.4, 0.5) is 5.69 Å². The normalized spacial score (nSPS) is 11.4. The Morgan fingerprint density at radius 3 is 2.43 bits per heavy atom. The van der Waals surface area contributed by atoms with E-state index >= 15 is 0 Å². The monoisotopic (exact) mass is 369 g/mol. The van der Waals surface area contributed by atoms with Crippen molar-refractivity contribution in [2.24, 2.45) is 0 Å². The Morgan fingerprint density at radius 2 is 1.81 bits per heavy atom. The molecule has 4 nitrogen and oxygen atoms in total. The molecule has 0 aliphatic carbocycles. The van der Waals surface area contributed by atoms with E-state index in [0.29, 0.717) is 22.1 Å². The Labute approximate surface area is 133 Å². The Balaban J connectivity index is 2.26. The van der Waals surface area contributed by atoms with Gasteiger partial charge >= 0.3 is 0 Å². The summed E-state index contributed by atoms with van der Waals surface area (Å²) in [5.74, 6) is 0. The van der Waals surface area contributed by atoms with E-state index in [1.807, 2.05) is 0 Å². The fourth-order valence-electron chi connectivity index (χ4n) is 1.94. The fourth-order valence-corrected chi connectivity index (χ4v) is 3.79. The summed E-state index contributed by atoms with van der Waals surface area (Å²) in [7, 11) is -3.62. The molecule has 0 fully saturated rings. The number of anilines is 1. The van der Waals surface area contributed by atoms with Crippen molar-refractivity contribution in [3.05, 3.63) is 58.1 Å². The zero-order chi connectivity index (χ0) is 15.5. The second-order valence-corrected chi connectivity index (χ2v) is 7.25. The lowest BCUT2D eigenvalue weighted by molar-refractivity contribution is 0.299. The van der Waals surface area contributed by atoms with Crippen LogP contribution in [0.3, 0.4) is 0 Å². The third-order valence-electron chi connectivity index (χ3n) is 3.05. The highest BCUT2D eigenvalue weighted by Gasteiger charge is 2.17. The van der Waals surface area contributed by atoms with Crippen molar-refractivity contribution in [2.75, 3.05) is 11.3 Å². The van der Waals surface area contributed by atoms with Crippen LogP contribution in [-0.4, -0.2) is 20.1 Å². The number of aryl methyl sites for hydroxylation is 1. The molecule has 0 unspecified atom stereocenters. The quantitative estimate of drug-likeness (QED) is 0.850. The molecule has 2 rings (SSSR count). The second kappa shape index (κ2) is 6.60. The van der Waals surface area contributed by atoms with Crippen LogP contribution in [0.1, 0.15) is 11.1 Å². The molecule has 0 saturated heterocycles. The SMILES string of the molecule is Cc1ccc(Br)cc1S(=O)(=O)Nc1ccc(CCO)cc1. The first-order chi connectivity index (χ1) is 9.92. The molecule has 0 amide bonds. The zero-order valence-electron chi connectivity index (χ0n) is 11.5. The first kappa shape index (κ1) is 16.0. The number of aliphatic hydroxyl groups is 1. The van der Waals surface area contributed by atoms with E-state index in [1.54, 1.807) is 49.4 Å². The molecular weight excluding hydrogens is 354 g/mol. The van der Waals surface area contributed by atoms with Gasteiger partial charge in [0.15, 0.2) is 0 Å². The summed E-state index contributed by atoms with van der Waals surface area (Å²) in [6.07, 6.45) is 0.553. The number of aliphatic hydroxyl groups excluding tert-OH is 1. The van der Waals surface area contributed by atoms with E-state index < -0.39 is 10.0 Å². The van der Waals surface area contributed by atoms with Crippen LogP contribution in [0.2, 0.25) is 0 Å². The number of sulfonamides is 1. The molecular formula is C15H16BrNO3S. The van der Waals surface area contributed by atoms with Gasteiger partial charge in [-0.3, -0.25) is 4.72 Å². The van der Waals surface area contributed by atoms with E-state index in [0.717, 1.165) is 5.56 Å². The first-order valence-electron chi connectivity index (χ1n) is 6.41. The summed E-state index contributed by atoms with van der Waals surface area (Å²) in [6.45, 7) is 1.83. The van der Waals surface area contributed by atoms with Gasteiger partial charge in [-0.15, -0.1) is 0 Å². The van der Waals surface area contributed by atoms with Gasteiger partial charge in [0.25, 0.3) is 10.0 Å². The van der Waals surface area contributed by atoms with Gasteiger partial charge in [0.1, 0.15) is 0 Å². The highest BCUT2D eigenvalue weighted by molar-refractivity contribution is 9.10.